The molecule has 0 aromatic heterocycles. The van der Waals surface area contributed by atoms with Crippen LogP contribution in [0, 0.1) is 0 Å². The maximum absolute atomic E-state index is 11.2. The molecule has 0 unspecified atom stereocenters. The number of benzene rings is 1. The number of hydrogen-bond acceptors (Lipinski definition) is 3. The highest BCUT2D eigenvalue weighted by atomic mass is 35.5. The number of hydrogen-bond donors (Lipinski definition) is 2. The van der Waals surface area contributed by atoms with Gasteiger partial charge >= 0.3 is 0 Å². The minimum absolute atomic E-state index is 0. The van der Waals surface area contributed by atoms with E-state index in [0.29, 0.717) is 19.5 Å². The minimum Gasteiger partial charge on any atom is -0.375 e. The second-order valence-electron chi connectivity index (χ2n) is 4.00. The normalized spacial score (nSPS) is 9.44. The zero-order valence-electron chi connectivity index (χ0n) is 10.8. The summed E-state index contributed by atoms with van der Waals surface area (Å²) >= 11 is 0. The van der Waals surface area contributed by atoms with Crippen LogP contribution in [0.3, 0.4) is 0 Å². The average molecular weight is 272 g/mol. The maximum Gasteiger partial charge on any atom is 0.221 e. The average Bonchev–Trinajstić information content (AvgIpc) is 2.36. The number of nitrogens with two attached hydrogens (primary N) is 1. The molecule has 102 valence electrons. The highest BCUT2D eigenvalue weighted by Crippen LogP contribution is 2.10. The van der Waals surface area contributed by atoms with Crippen LogP contribution in [0.15, 0.2) is 30.3 Å². The molecule has 0 atom stereocenters. The van der Waals surface area contributed by atoms with E-state index in [9.17, 15) is 4.79 Å². The number of para-hydroxylation sites is 1. The molecule has 0 radical (unpaired) electrons. The fourth-order valence-electron chi connectivity index (χ4n) is 1.58. The Balaban J connectivity index is 0.00000289. The molecule has 1 aromatic rings. The van der Waals surface area contributed by atoms with Crippen LogP contribution in [0.1, 0.15) is 12.8 Å². The lowest BCUT2D eigenvalue weighted by Crippen LogP contribution is -2.29. The van der Waals surface area contributed by atoms with Gasteiger partial charge in [-0.15, -0.1) is 12.4 Å². The van der Waals surface area contributed by atoms with Crippen LogP contribution in [-0.4, -0.2) is 32.6 Å². The molecule has 0 fully saturated rings. The first kappa shape index (κ1) is 16.7. The summed E-state index contributed by atoms with van der Waals surface area (Å²) in [5.74, 6) is 0.0369. The maximum atomic E-state index is 11.2. The highest BCUT2D eigenvalue weighted by molar-refractivity contribution is 5.85. The molecule has 1 rings (SSSR count). The van der Waals surface area contributed by atoms with E-state index in [1.807, 2.05) is 18.2 Å². The summed E-state index contributed by atoms with van der Waals surface area (Å²) in [6, 6.07) is 10.2. The van der Waals surface area contributed by atoms with Crippen molar-refractivity contribution in [3.8, 4) is 0 Å². The molecule has 1 amide bonds. The van der Waals surface area contributed by atoms with E-state index in [1.165, 1.54) is 5.69 Å². The van der Waals surface area contributed by atoms with Gasteiger partial charge in [-0.2, -0.15) is 0 Å². The van der Waals surface area contributed by atoms with Crippen LogP contribution < -0.4 is 16.0 Å². The first-order chi connectivity index (χ1) is 8.24. The van der Waals surface area contributed by atoms with E-state index in [1.54, 1.807) is 0 Å². The Morgan fingerprint density at radius 3 is 2.61 bits per heavy atom. The number of nitrogens with zero attached hydrogens (tertiary/aromatic N) is 1. The van der Waals surface area contributed by atoms with E-state index < -0.39 is 0 Å². The Bertz CT molecular complexity index is 332. The molecule has 5 heteroatoms. The highest BCUT2D eigenvalue weighted by Gasteiger charge is 2.01. The number of anilines is 1. The fourth-order valence-corrected chi connectivity index (χ4v) is 1.58. The predicted octanol–water partition coefficient (Wildman–Crippen LogP) is 1.40. The van der Waals surface area contributed by atoms with Gasteiger partial charge in [0.1, 0.15) is 0 Å². The minimum atomic E-state index is 0. The number of rotatable bonds is 7. The smallest absolute Gasteiger partial charge is 0.221 e. The zero-order chi connectivity index (χ0) is 12.5. The van der Waals surface area contributed by atoms with E-state index in [-0.39, 0.29) is 18.3 Å². The molecule has 1 aromatic carbocycles. The van der Waals surface area contributed by atoms with Crippen LogP contribution in [-0.2, 0) is 4.79 Å². The third-order valence-corrected chi connectivity index (χ3v) is 2.56. The van der Waals surface area contributed by atoms with Gasteiger partial charge in [0.2, 0.25) is 5.91 Å². The Labute approximate surface area is 115 Å². The Hall–Kier alpha value is -1.26. The Kier molecular flexibility index (Phi) is 9.06. The Morgan fingerprint density at radius 1 is 1.33 bits per heavy atom. The van der Waals surface area contributed by atoms with E-state index in [4.69, 9.17) is 5.73 Å². The standard InChI is InChI=1S/C13H21N3O.ClH/c1-16(12-6-3-2-4-7-12)11-5-10-15-13(17)8-9-14;/h2-4,6-7H,5,8-11,14H2,1H3,(H,15,17);1H. The SMILES string of the molecule is CN(CCCNC(=O)CCN)c1ccccc1.Cl. The second kappa shape index (κ2) is 9.74. The summed E-state index contributed by atoms with van der Waals surface area (Å²) in [5.41, 5.74) is 6.48. The summed E-state index contributed by atoms with van der Waals surface area (Å²) in [6.07, 6.45) is 1.34. The molecule has 0 aliphatic heterocycles. The van der Waals surface area contributed by atoms with Gasteiger partial charge in [-0.05, 0) is 18.6 Å². The molecule has 4 nitrogen and oxygen atoms in total. The van der Waals surface area contributed by atoms with Crippen LogP contribution in [0.4, 0.5) is 5.69 Å². The van der Waals surface area contributed by atoms with Crippen molar-refractivity contribution in [1.82, 2.24) is 5.32 Å². The molecule has 0 saturated carbocycles. The van der Waals surface area contributed by atoms with Crippen LogP contribution in [0.5, 0.6) is 0 Å². The van der Waals surface area contributed by atoms with E-state index in [2.05, 4.69) is 29.4 Å². The lowest BCUT2D eigenvalue weighted by atomic mass is 10.3. The molecule has 0 aliphatic rings. The lowest BCUT2D eigenvalue weighted by molar-refractivity contribution is -0.120. The van der Waals surface area contributed by atoms with Crippen LogP contribution in [0.25, 0.3) is 0 Å². The van der Waals surface area contributed by atoms with Crippen molar-refractivity contribution in [3.05, 3.63) is 30.3 Å². The third kappa shape index (κ3) is 6.47. The zero-order valence-corrected chi connectivity index (χ0v) is 11.6. The number of amides is 1. The van der Waals surface area contributed by atoms with E-state index in [0.717, 1.165) is 13.0 Å². The van der Waals surface area contributed by atoms with Crippen molar-refractivity contribution in [3.63, 3.8) is 0 Å². The monoisotopic (exact) mass is 271 g/mol. The summed E-state index contributed by atoms with van der Waals surface area (Å²) in [7, 11) is 2.05. The van der Waals surface area contributed by atoms with Gasteiger partial charge in [-0.1, -0.05) is 18.2 Å². The first-order valence-electron chi connectivity index (χ1n) is 5.97. The van der Waals surface area contributed by atoms with Crippen molar-refractivity contribution in [1.29, 1.82) is 0 Å². The third-order valence-electron chi connectivity index (χ3n) is 2.56. The predicted molar refractivity (Wildman–Crippen MR) is 78.3 cm³/mol. The number of carbonyl (C=O) groups excluding carboxylic acids is 1. The van der Waals surface area contributed by atoms with Crippen molar-refractivity contribution in [2.45, 2.75) is 12.8 Å². The molecule has 3 N–H and O–H groups in total. The van der Waals surface area contributed by atoms with E-state index >= 15 is 0 Å². The van der Waals surface area contributed by atoms with Crippen molar-refractivity contribution in [2.24, 2.45) is 5.73 Å². The van der Waals surface area contributed by atoms with Gasteiger partial charge in [0.25, 0.3) is 0 Å². The lowest BCUT2D eigenvalue weighted by Gasteiger charge is -2.19. The molecule has 0 heterocycles. The molecule has 0 aliphatic carbocycles. The molecular formula is C13H22ClN3O. The largest absolute Gasteiger partial charge is 0.375 e. The summed E-state index contributed by atoms with van der Waals surface area (Å²) in [6.45, 7) is 2.04. The molecule has 0 bridgehead atoms. The van der Waals surface area contributed by atoms with Gasteiger partial charge in [-0.3, -0.25) is 4.79 Å². The van der Waals surface area contributed by atoms with Crippen molar-refractivity contribution in [2.75, 3.05) is 31.6 Å². The molecule has 18 heavy (non-hydrogen) atoms. The second-order valence-corrected chi connectivity index (χ2v) is 4.00. The summed E-state index contributed by atoms with van der Waals surface area (Å²) in [4.78, 5) is 13.3. The number of halogens is 1. The van der Waals surface area contributed by atoms with Gasteiger partial charge in [0, 0.05) is 38.8 Å². The van der Waals surface area contributed by atoms with Crippen molar-refractivity contribution >= 4 is 24.0 Å². The van der Waals surface area contributed by atoms with Crippen molar-refractivity contribution < 1.29 is 4.79 Å². The topological polar surface area (TPSA) is 58.4 Å². The molecule has 0 spiro atoms. The van der Waals surface area contributed by atoms with Crippen LogP contribution in [0.2, 0.25) is 0 Å². The van der Waals surface area contributed by atoms with Gasteiger partial charge in [0.05, 0.1) is 0 Å². The molecular weight excluding hydrogens is 250 g/mol. The quantitative estimate of drug-likeness (QED) is 0.737. The van der Waals surface area contributed by atoms with Gasteiger partial charge in [0.15, 0.2) is 0 Å². The number of carbonyl (C=O) groups is 1. The van der Waals surface area contributed by atoms with Gasteiger partial charge < -0.3 is 16.0 Å². The first-order valence-corrected chi connectivity index (χ1v) is 5.97. The fraction of sp³-hybridized carbons (Fsp3) is 0.462. The number of nitrogens with one attached hydrogen (secondary N) is 1. The summed E-state index contributed by atoms with van der Waals surface area (Å²) in [5, 5.41) is 2.84. The summed E-state index contributed by atoms with van der Waals surface area (Å²) < 4.78 is 0. The van der Waals surface area contributed by atoms with Gasteiger partial charge in [-0.25, -0.2) is 0 Å². The Morgan fingerprint density at radius 2 is 2.00 bits per heavy atom. The molecule has 0 saturated heterocycles. The van der Waals surface area contributed by atoms with Crippen LogP contribution >= 0.6 is 12.4 Å².